The number of rotatable bonds is 8. The van der Waals surface area contributed by atoms with Gasteiger partial charge in [0.1, 0.15) is 23.1 Å². The molecule has 0 aliphatic heterocycles. The Morgan fingerprint density at radius 2 is 1.88 bits per heavy atom. The van der Waals surface area contributed by atoms with Gasteiger partial charge in [-0.25, -0.2) is 9.78 Å². The van der Waals surface area contributed by atoms with E-state index >= 15 is 0 Å². The molecule has 1 aromatic heterocycles. The van der Waals surface area contributed by atoms with Gasteiger partial charge < -0.3 is 14.6 Å². The van der Waals surface area contributed by atoms with Crippen LogP contribution in [-0.2, 0) is 17.6 Å². The number of aryl methyl sites for hydroxylation is 1. The Labute approximate surface area is 186 Å². The zero-order valence-electron chi connectivity index (χ0n) is 17.1. The minimum atomic E-state index is -4.37. The van der Waals surface area contributed by atoms with E-state index < -0.39 is 24.3 Å². The van der Waals surface area contributed by atoms with E-state index in [1.54, 1.807) is 5.38 Å². The lowest BCUT2D eigenvalue weighted by Crippen LogP contribution is -2.10. The first-order valence-corrected chi connectivity index (χ1v) is 10.8. The molecule has 1 saturated carbocycles. The second-order valence-corrected chi connectivity index (χ2v) is 8.55. The average Bonchev–Trinajstić information content (AvgIpc) is 3.48. The molecule has 2 aromatic carbocycles. The summed E-state index contributed by atoms with van der Waals surface area (Å²) in [5, 5.41) is 11.3. The fourth-order valence-electron chi connectivity index (χ4n) is 3.29. The zero-order valence-corrected chi connectivity index (χ0v) is 17.9. The molecule has 9 heteroatoms. The summed E-state index contributed by atoms with van der Waals surface area (Å²) in [6.07, 6.45) is -2.30. The van der Waals surface area contributed by atoms with E-state index in [1.807, 2.05) is 19.1 Å². The van der Waals surface area contributed by atoms with Gasteiger partial charge in [0.25, 0.3) is 0 Å². The van der Waals surface area contributed by atoms with Crippen LogP contribution >= 0.6 is 11.3 Å². The molecule has 0 spiro atoms. The van der Waals surface area contributed by atoms with Gasteiger partial charge in [-0.3, -0.25) is 0 Å². The number of thiazole rings is 1. The molecular formula is C23H20F3NO4S. The predicted molar refractivity (Wildman–Crippen MR) is 113 cm³/mol. The van der Waals surface area contributed by atoms with Crippen molar-refractivity contribution in [3.63, 3.8) is 0 Å². The number of halogens is 3. The van der Waals surface area contributed by atoms with Gasteiger partial charge in [0.05, 0.1) is 11.3 Å². The number of aromatic nitrogens is 1. The summed E-state index contributed by atoms with van der Waals surface area (Å²) in [6.45, 7) is 1.64. The third kappa shape index (κ3) is 5.21. The van der Waals surface area contributed by atoms with Crippen LogP contribution in [0.2, 0.25) is 0 Å². The smallest absolute Gasteiger partial charge is 0.416 e. The van der Waals surface area contributed by atoms with Gasteiger partial charge in [-0.2, -0.15) is 13.2 Å². The van der Waals surface area contributed by atoms with Crippen LogP contribution in [0.5, 0.6) is 11.5 Å². The van der Waals surface area contributed by atoms with Crippen molar-refractivity contribution >= 4 is 17.3 Å². The molecule has 0 radical (unpaired) electrons. The summed E-state index contributed by atoms with van der Waals surface area (Å²) in [4.78, 5) is 15.3. The molecule has 1 fully saturated rings. The summed E-state index contributed by atoms with van der Waals surface area (Å²) in [6, 6.07) is 8.60. The number of carbonyl (C=O) groups is 1. The van der Waals surface area contributed by atoms with E-state index in [9.17, 15) is 18.0 Å². The summed E-state index contributed by atoms with van der Waals surface area (Å²) in [5.74, 6) is 0.557. The van der Waals surface area contributed by atoms with Crippen molar-refractivity contribution in [2.45, 2.75) is 38.5 Å². The molecule has 0 unspecified atom stereocenters. The van der Waals surface area contributed by atoms with Crippen molar-refractivity contribution < 1.29 is 32.5 Å². The average molecular weight is 463 g/mol. The largest absolute Gasteiger partial charge is 0.486 e. The molecule has 4 rings (SSSR count). The van der Waals surface area contributed by atoms with Crippen molar-refractivity contribution in [1.29, 1.82) is 0 Å². The van der Waals surface area contributed by atoms with Gasteiger partial charge in [-0.15, -0.1) is 11.3 Å². The second kappa shape index (κ2) is 8.82. The quantitative estimate of drug-likeness (QED) is 0.440. The lowest BCUT2D eigenvalue weighted by atomic mass is 10.1. The summed E-state index contributed by atoms with van der Waals surface area (Å²) < 4.78 is 49.7. The molecule has 1 heterocycles. The highest BCUT2D eigenvalue weighted by Crippen LogP contribution is 2.46. The first-order chi connectivity index (χ1) is 15.2. The Hall–Kier alpha value is -3.07. The molecule has 0 bridgehead atoms. The highest BCUT2D eigenvalue weighted by atomic mass is 32.1. The van der Waals surface area contributed by atoms with E-state index in [0.717, 1.165) is 36.1 Å². The molecule has 0 saturated heterocycles. The lowest BCUT2D eigenvalue weighted by molar-refractivity contribution is -0.139. The number of nitrogens with zero attached hydrogens (tertiary/aromatic N) is 1. The van der Waals surface area contributed by atoms with E-state index in [2.05, 4.69) is 4.98 Å². The molecule has 1 aliphatic rings. The first kappa shape index (κ1) is 22.1. The number of hydrogen-bond acceptors (Lipinski definition) is 5. The molecule has 1 aliphatic carbocycles. The second-order valence-electron chi connectivity index (χ2n) is 7.60. The van der Waals surface area contributed by atoms with Crippen LogP contribution in [0.15, 0.2) is 41.8 Å². The molecular weight excluding hydrogens is 443 g/mol. The molecule has 0 atom stereocenters. The fourth-order valence-corrected chi connectivity index (χ4v) is 4.00. The van der Waals surface area contributed by atoms with Crippen molar-refractivity contribution in [2.24, 2.45) is 0 Å². The van der Waals surface area contributed by atoms with E-state index in [0.29, 0.717) is 33.7 Å². The van der Waals surface area contributed by atoms with Gasteiger partial charge in [0.15, 0.2) is 6.61 Å². The third-order valence-electron chi connectivity index (χ3n) is 5.09. The molecule has 0 amide bonds. The molecule has 3 aromatic rings. The van der Waals surface area contributed by atoms with Crippen LogP contribution < -0.4 is 9.47 Å². The van der Waals surface area contributed by atoms with Crippen LogP contribution in [0.1, 0.15) is 40.5 Å². The Bertz CT molecular complexity index is 1120. The number of hydrogen-bond donors (Lipinski definition) is 1. The van der Waals surface area contributed by atoms with Crippen LogP contribution in [0.25, 0.3) is 11.3 Å². The van der Waals surface area contributed by atoms with Crippen molar-refractivity contribution in [1.82, 2.24) is 4.98 Å². The number of benzene rings is 2. The molecule has 168 valence electrons. The fraction of sp³-hybridized carbons (Fsp3) is 0.304. The number of carboxylic acids is 1. The predicted octanol–water partition coefficient (Wildman–Crippen LogP) is 6.06. The van der Waals surface area contributed by atoms with Gasteiger partial charge in [-0.1, -0.05) is 12.1 Å². The molecule has 1 N–H and O–H groups in total. The summed E-state index contributed by atoms with van der Waals surface area (Å²) >= 11 is 1.37. The number of alkyl halides is 3. The topological polar surface area (TPSA) is 68.7 Å². The van der Waals surface area contributed by atoms with Crippen LogP contribution in [0, 0.1) is 6.92 Å². The number of carboxylic acid groups (broad SMARTS) is 1. The monoisotopic (exact) mass is 463 g/mol. The van der Waals surface area contributed by atoms with E-state index in [-0.39, 0.29) is 6.61 Å². The normalized spacial score (nSPS) is 13.8. The highest BCUT2D eigenvalue weighted by Gasteiger charge is 2.30. The van der Waals surface area contributed by atoms with Gasteiger partial charge in [0.2, 0.25) is 0 Å². The Morgan fingerprint density at radius 1 is 1.16 bits per heavy atom. The molecule has 5 nitrogen and oxygen atoms in total. The Balaban J connectivity index is 1.47. The SMILES string of the molecule is Cc1cc(OCc2nc(-c3ccc(C(F)(F)F)cc3)cs2)c(C2CC2)cc1OCC(=O)O. The van der Waals surface area contributed by atoms with Gasteiger partial charge >= 0.3 is 12.1 Å². The van der Waals surface area contributed by atoms with Crippen LogP contribution in [0.4, 0.5) is 13.2 Å². The maximum Gasteiger partial charge on any atom is 0.416 e. The Morgan fingerprint density at radius 3 is 2.50 bits per heavy atom. The summed E-state index contributed by atoms with van der Waals surface area (Å²) in [5.41, 5.74) is 2.26. The van der Waals surface area contributed by atoms with Crippen LogP contribution in [0.3, 0.4) is 0 Å². The highest BCUT2D eigenvalue weighted by molar-refractivity contribution is 7.09. The zero-order chi connectivity index (χ0) is 22.9. The molecule has 32 heavy (non-hydrogen) atoms. The number of ether oxygens (including phenoxy) is 2. The first-order valence-electron chi connectivity index (χ1n) is 9.94. The van der Waals surface area contributed by atoms with E-state index in [1.165, 1.54) is 23.5 Å². The van der Waals surface area contributed by atoms with Crippen molar-refractivity contribution in [3.8, 4) is 22.8 Å². The Kier molecular flexibility index (Phi) is 6.10. The lowest BCUT2D eigenvalue weighted by Gasteiger charge is -2.15. The maximum absolute atomic E-state index is 12.7. The third-order valence-corrected chi connectivity index (χ3v) is 5.91. The summed E-state index contributed by atoms with van der Waals surface area (Å²) in [7, 11) is 0. The van der Waals surface area contributed by atoms with Crippen LogP contribution in [-0.4, -0.2) is 22.7 Å². The van der Waals surface area contributed by atoms with Gasteiger partial charge in [-0.05, 0) is 55.5 Å². The van der Waals surface area contributed by atoms with Crippen molar-refractivity contribution in [2.75, 3.05) is 6.61 Å². The maximum atomic E-state index is 12.7. The van der Waals surface area contributed by atoms with E-state index in [4.69, 9.17) is 14.6 Å². The minimum Gasteiger partial charge on any atom is -0.486 e. The number of aliphatic carboxylic acids is 1. The standard InChI is InChI=1S/C23H20F3NO4S/c1-13-8-20(17(14-2-3-14)9-19(13)31-11-22(28)29)30-10-21-27-18(12-32-21)15-4-6-16(7-5-15)23(24,25)26/h4-9,12,14H,2-3,10-11H2,1H3,(H,28,29). The minimum absolute atomic E-state index is 0.222. The van der Waals surface area contributed by atoms with Crippen molar-refractivity contribution in [3.05, 3.63) is 63.5 Å². The van der Waals surface area contributed by atoms with Gasteiger partial charge in [0, 0.05) is 16.5 Å².